The summed E-state index contributed by atoms with van der Waals surface area (Å²) in [5, 5.41) is 5.63. The highest BCUT2D eigenvalue weighted by atomic mass is 16.2. The molecule has 0 bridgehead atoms. The summed E-state index contributed by atoms with van der Waals surface area (Å²) >= 11 is 0. The van der Waals surface area contributed by atoms with Crippen LogP contribution in [0.2, 0.25) is 0 Å². The van der Waals surface area contributed by atoms with Crippen molar-refractivity contribution in [1.82, 2.24) is 4.90 Å². The average molecular weight is 365 g/mol. The molecule has 1 aliphatic heterocycles. The van der Waals surface area contributed by atoms with Crippen LogP contribution in [0.15, 0.2) is 36.4 Å². The van der Waals surface area contributed by atoms with E-state index in [2.05, 4.69) is 10.6 Å². The Morgan fingerprint density at radius 2 is 1.74 bits per heavy atom. The lowest BCUT2D eigenvalue weighted by atomic mass is 10.1. The summed E-state index contributed by atoms with van der Waals surface area (Å²) in [4.78, 5) is 38.5. The molecule has 0 saturated heterocycles. The number of para-hydroxylation sites is 1. The first-order valence-electron chi connectivity index (χ1n) is 9.02. The topological polar surface area (TPSA) is 78.5 Å². The number of aryl methyl sites for hydroxylation is 2. The zero-order valence-corrected chi connectivity index (χ0v) is 15.9. The number of hydrogen-bond donors (Lipinski definition) is 2. The van der Waals surface area contributed by atoms with Crippen molar-refractivity contribution in [1.29, 1.82) is 0 Å². The van der Waals surface area contributed by atoms with Crippen LogP contribution in [0.5, 0.6) is 0 Å². The van der Waals surface area contributed by atoms with E-state index < -0.39 is 6.03 Å². The number of hydrogen-bond acceptors (Lipinski definition) is 3. The molecule has 1 heterocycles. The first-order chi connectivity index (χ1) is 12.8. The van der Waals surface area contributed by atoms with E-state index in [4.69, 9.17) is 0 Å². The fraction of sp³-hybridized carbons (Fsp3) is 0.286. The van der Waals surface area contributed by atoms with Crippen LogP contribution in [-0.4, -0.2) is 28.8 Å². The van der Waals surface area contributed by atoms with Gasteiger partial charge in [0.1, 0.15) is 0 Å². The lowest BCUT2D eigenvalue weighted by Crippen LogP contribution is -2.35. The van der Waals surface area contributed by atoms with Crippen LogP contribution in [0.1, 0.15) is 52.6 Å². The molecule has 3 rings (SSSR count). The van der Waals surface area contributed by atoms with Crippen molar-refractivity contribution in [2.75, 3.05) is 10.6 Å². The lowest BCUT2D eigenvalue weighted by Gasteiger charge is -2.17. The molecular weight excluding hydrogens is 342 g/mol. The van der Waals surface area contributed by atoms with Crippen molar-refractivity contribution in [2.45, 2.75) is 40.2 Å². The number of carbonyl (C=O) groups excluding carboxylic acids is 3. The number of amides is 4. The summed E-state index contributed by atoms with van der Waals surface area (Å²) in [7, 11) is 0. The van der Waals surface area contributed by atoms with Gasteiger partial charge in [-0.2, -0.15) is 0 Å². The molecule has 0 radical (unpaired) electrons. The summed E-state index contributed by atoms with van der Waals surface area (Å²) in [5.74, 6) is -0.630. The van der Waals surface area contributed by atoms with E-state index in [1.807, 2.05) is 32.0 Å². The van der Waals surface area contributed by atoms with Gasteiger partial charge in [0.2, 0.25) is 0 Å². The van der Waals surface area contributed by atoms with Crippen molar-refractivity contribution >= 4 is 29.2 Å². The molecule has 0 fully saturated rings. The quantitative estimate of drug-likeness (QED) is 0.797. The Morgan fingerprint density at radius 3 is 2.41 bits per heavy atom. The molecule has 0 aliphatic carbocycles. The summed E-state index contributed by atoms with van der Waals surface area (Å²) in [6.07, 6.45) is 0.803. The predicted molar refractivity (Wildman–Crippen MR) is 105 cm³/mol. The van der Waals surface area contributed by atoms with E-state index >= 15 is 0 Å². The number of benzene rings is 2. The van der Waals surface area contributed by atoms with E-state index in [-0.39, 0.29) is 17.9 Å². The largest absolute Gasteiger partial charge is 0.323 e. The van der Waals surface area contributed by atoms with Crippen LogP contribution in [0.3, 0.4) is 0 Å². The number of nitrogens with one attached hydrogen (secondary N) is 2. The Labute approximate surface area is 158 Å². The highest BCUT2D eigenvalue weighted by Crippen LogP contribution is 2.27. The van der Waals surface area contributed by atoms with Gasteiger partial charge in [-0.15, -0.1) is 0 Å². The molecule has 1 aliphatic rings. The fourth-order valence-electron chi connectivity index (χ4n) is 3.28. The molecule has 6 nitrogen and oxygen atoms in total. The summed E-state index contributed by atoms with van der Waals surface area (Å²) in [6, 6.07) is 10.0. The van der Waals surface area contributed by atoms with Crippen LogP contribution >= 0.6 is 0 Å². The molecule has 2 aromatic carbocycles. The van der Waals surface area contributed by atoms with Gasteiger partial charge < -0.3 is 10.6 Å². The van der Waals surface area contributed by atoms with Gasteiger partial charge in [-0.3, -0.25) is 14.5 Å². The van der Waals surface area contributed by atoms with Gasteiger partial charge in [0.05, 0.1) is 11.1 Å². The van der Waals surface area contributed by atoms with Gasteiger partial charge in [-0.05, 0) is 56.5 Å². The Morgan fingerprint density at radius 1 is 1.04 bits per heavy atom. The number of fused-ring (bicyclic) bond motifs is 1. The number of carbonyl (C=O) groups is 3. The molecule has 0 atom stereocenters. The fourth-order valence-corrected chi connectivity index (χ4v) is 3.28. The van der Waals surface area contributed by atoms with Crippen LogP contribution < -0.4 is 10.6 Å². The molecule has 2 aromatic rings. The van der Waals surface area contributed by atoms with Crippen LogP contribution in [-0.2, 0) is 6.42 Å². The number of rotatable bonds is 4. The van der Waals surface area contributed by atoms with E-state index in [0.717, 1.165) is 23.2 Å². The van der Waals surface area contributed by atoms with Crippen molar-refractivity contribution in [3.05, 3.63) is 58.7 Å². The summed E-state index contributed by atoms with van der Waals surface area (Å²) < 4.78 is 0. The normalized spacial score (nSPS) is 13.1. The molecule has 4 amide bonds. The van der Waals surface area contributed by atoms with Crippen molar-refractivity contribution in [2.24, 2.45) is 0 Å². The zero-order valence-electron chi connectivity index (χ0n) is 15.9. The molecule has 0 saturated carbocycles. The van der Waals surface area contributed by atoms with Gasteiger partial charge in [0.15, 0.2) is 0 Å². The Hall–Kier alpha value is -3.15. The maximum absolute atomic E-state index is 12.5. The lowest BCUT2D eigenvalue weighted by molar-refractivity contribution is 0.0609. The number of anilines is 2. The zero-order chi connectivity index (χ0) is 19.7. The third kappa shape index (κ3) is 3.43. The molecular formula is C21H23N3O3. The maximum atomic E-state index is 12.5. The van der Waals surface area contributed by atoms with E-state index in [1.54, 1.807) is 32.0 Å². The maximum Gasteiger partial charge on any atom is 0.323 e. The summed E-state index contributed by atoms with van der Waals surface area (Å²) in [5.41, 5.74) is 3.96. The van der Waals surface area contributed by atoms with Gasteiger partial charge in [0.25, 0.3) is 11.8 Å². The molecule has 0 aromatic heterocycles. The SMILES string of the molecule is CCc1cccc(C)c1NC(=O)Nc1ccc2c(c1)C(=O)N(C(C)C)C2=O. The molecule has 2 N–H and O–H groups in total. The number of nitrogens with zero attached hydrogens (tertiary/aromatic N) is 1. The molecule has 27 heavy (non-hydrogen) atoms. The van der Waals surface area contributed by atoms with Gasteiger partial charge in [-0.1, -0.05) is 25.1 Å². The molecule has 0 unspecified atom stereocenters. The van der Waals surface area contributed by atoms with Crippen LogP contribution in [0.25, 0.3) is 0 Å². The highest BCUT2D eigenvalue weighted by molar-refractivity contribution is 6.22. The smallest absolute Gasteiger partial charge is 0.308 e. The highest BCUT2D eigenvalue weighted by Gasteiger charge is 2.37. The second-order valence-electron chi connectivity index (χ2n) is 6.88. The Bertz CT molecular complexity index is 934. The van der Waals surface area contributed by atoms with Gasteiger partial charge in [-0.25, -0.2) is 4.79 Å². The minimum absolute atomic E-state index is 0.217. The second-order valence-corrected chi connectivity index (χ2v) is 6.88. The van der Waals surface area contributed by atoms with E-state index in [9.17, 15) is 14.4 Å². The first kappa shape index (κ1) is 18.6. The van der Waals surface area contributed by atoms with Crippen LogP contribution in [0, 0.1) is 6.92 Å². The van der Waals surface area contributed by atoms with Gasteiger partial charge in [0, 0.05) is 17.4 Å². The number of urea groups is 1. The molecule has 6 heteroatoms. The van der Waals surface area contributed by atoms with E-state index in [1.165, 1.54) is 4.90 Å². The summed E-state index contributed by atoms with van der Waals surface area (Å²) in [6.45, 7) is 7.56. The third-order valence-electron chi connectivity index (χ3n) is 4.67. The third-order valence-corrected chi connectivity index (χ3v) is 4.67. The average Bonchev–Trinajstić information content (AvgIpc) is 2.87. The predicted octanol–water partition coefficient (Wildman–Crippen LogP) is 4.21. The first-order valence-corrected chi connectivity index (χ1v) is 9.02. The van der Waals surface area contributed by atoms with Crippen molar-refractivity contribution in [3.8, 4) is 0 Å². The molecule has 0 spiro atoms. The van der Waals surface area contributed by atoms with Crippen molar-refractivity contribution in [3.63, 3.8) is 0 Å². The monoisotopic (exact) mass is 365 g/mol. The minimum atomic E-state index is -0.392. The molecule has 140 valence electrons. The Kier molecular flexibility index (Phi) is 4.99. The van der Waals surface area contributed by atoms with Crippen LogP contribution in [0.4, 0.5) is 16.2 Å². The Balaban J connectivity index is 1.80. The van der Waals surface area contributed by atoms with Gasteiger partial charge >= 0.3 is 6.03 Å². The second kappa shape index (κ2) is 7.23. The standard InChI is InChI=1S/C21H23N3O3/c1-5-14-8-6-7-13(4)18(14)23-21(27)22-15-9-10-16-17(11-15)20(26)24(12(2)3)19(16)25/h6-12H,5H2,1-4H3,(H2,22,23,27). The number of imide groups is 1. The minimum Gasteiger partial charge on any atom is -0.308 e. The van der Waals surface area contributed by atoms with E-state index in [0.29, 0.717) is 16.8 Å². The van der Waals surface area contributed by atoms with Crippen molar-refractivity contribution < 1.29 is 14.4 Å².